The monoisotopic (exact) mass is 212 g/mol. The minimum atomic E-state index is 0.778. The highest BCUT2D eigenvalue weighted by Crippen LogP contribution is 1.96. The van der Waals surface area contributed by atoms with Gasteiger partial charge in [0.2, 0.25) is 0 Å². The van der Waals surface area contributed by atoms with E-state index in [0.29, 0.717) is 0 Å². The number of hydrogen-bond donors (Lipinski definition) is 1. The number of halogens is 1. The zero-order chi connectivity index (χ0) is 10.1. The third-order valence-electron chi connectivity index (χ3n) is 2.02. The predicted molar refractivity (Wildman–Crippen MR) is 60.5 cm³/mol. The Balaban J connectivity index is 1.99. The van der Waals surface area contributed by atoms with Crippen molar-refractivity contribution in [3.05, 3.63) is 30.1 Å². The van der Waals surface area contributed by atoms with Crippen LogP contribution >= 0.6 is 11.6 Å². The molecule has 1 rings (SSSR count). The quantitative estimate of drug-likeness (QED) is 0.555. The Morgan fingerprint density at radius 2 is 2.14 bits per heavy atom. The summed E-state index contributed by atoms with van der Waals surface area (Å²) in [5.41, 5.74) is 1.10. The number of pyridine rings is 1. The smallest absolute Gasteiger partial charge is 0.0541 e. The van der Waals surface area contributed by atoms with Crippen molar-refractivity contribution < 1.29 is 0 Å². The second-order valence-electron chi connectivity index (χ2n) is 3.25. The zero-order valence-corrected chi connectivity index (χ0v) is 9.13. The van der Waals surface area contributed by atoms with Gasteiger partial charge in [-0.1, -0.05) is 12.5 Å². The average molecular weight is 213 g/mol. The molecular weight excluding hydrogens is 196 g/mol. The number of rotatable bonds is 7. The van der Waals surface area contributed by atoms with Gasteiger partial charge in [-0.05, 0) is 31.5 Å². The average Bonchev–Trinajstić information content (AvgIpc) is 2.25. The molecular formula is C11H17ClN2. The molecule has 0 aliphatic rings. The van der Waals surface area contributed by atoms with E-state index in [1.165, 1.54) is 12.8 Å². The highest BCUT2D eigenvalue weighted by Gasteiger charge is 1.92. The van der Waals surface area contributed by atoms with Crippen LogP contribution in [0, 0.1) is 0 Å². The van der Waals surface area contributed by atoms with Gasteiger partial charge in [0.05, 0.1) is 5.69 Å². The van der Waals surface area contributed by atoms with Crippen molar-refractivity contribution in [3.8, 4) is 0 Å². The molecule has 0 fully saturated rings. The summed E-state index contributed by atoms with van der Waals surface area (Å²) in [6.07, 6.45) is 5.34. The lowest BCUT2D eigenvalue weighted by Crippen LogP contribution is -2.15. The predicted octanol–water partition coefficient (Wildman–Crippen LogP) is 2.58. The summed E-state index contributed by atoms with van der Waals surface area (Å²) >= 11 is 5.58. The molecule has 0 saturated carbocycles. The summed E-state index contributed by atoms with van der Waals surface area (Å²) in [6, 6.07) is 5.98. The van der Waals surface area contributed by atoms with Crippen LogP contribution < -0.4 is 5.32 Å². The van der Waals surface area contributed by atoms with E-state index in [1.807, 2.05) is 24.4 Å². The first kappa shape index (κ1) is 11.5. The number of unbranched alkanes of at least 4 members (excludes halogenated alkanes) is 2. The van der Waals surface area contributed by atoms with Gasteiger partial charge in [0.1, 0.15) is 0 Å². The third kappa shape index (κ3) is 5.20. The van der Waals surface area contributed by atoms with Crippen molar-refractivity contribution in [2.24, 2.45) is 0 Å². The Bertz CT molecular complexity index is 226. The zero-order valence-electron chi connectivity index (χ0n) is 8.38. The Morgan fingerprint density at radius 3 is 2.86 bits per heavy atom. The molecule has 0 atom stereocenters. The first-order valence-electron chi connectivity index (χ1n) is 5.10. The summed E-state index contributed by atoms with van der Waals surface area (Å²) in [5, 5.41) is 3.35. The minimum absolute atomic E-state index is 0.778. The molecule has 1 aromatic heterocycles. The van der Waals surface area contributed by atoms with Gasteiger partial charge in [-0.3, -0.25) is 4.98 Å². The summed E-state index contributed by atoms with van der Waals surface area (Å²) < 4.78 is 0. The second kappa shape index (κ2) is 7.77. The SMILES string of the molecule is ClCCCCCNCc1ccccn1. The van der Waals surface area contributed by atoms with Gasteiger partial charge in [-0.2, -0.15) is 0 Å². The summed E-state index contributed by atoms with van der Waals surface area (Å²) in [6.45, 7) is 1.91. The van der Waals surface area contributed by atoms with Gasteiger partial charge in [0.25, 0.3) is 0 Å². The molecule has 0 radical (unpaired) electrons. The van der Waals surface area contributed by atoms with Gasteiger partial charge in [0.15, 0.2) is 0 Å². The molecule has 1 N–H and O–H groups in total. The Morgan fingerprint density at radius 1 is 1.21 bits per heavy atom. The van der Waals surface area contributed by atoms with Crippen molar-refractivity contribution in [2.75, 3.05) is 12.4 Å². The van der Waals surface area contributed by atoms with E-state index < -0.39 is 0 Å². The standard InChI is InChI=1S/C11H17ClN2/c12-7-3-1-4-8-13-10-11-6-2-5-9-14-11/h2,5-6,9,13H,1,3-4,7-8,10H2. The van der Waals surface area contributed by atoms with Crippen LogP contribution in [0.15, 0.2) is 24.4 Å². The van der Waals surface area contributed by atoms with Crippen LogP contribution in [0.1, 0.15) is 25.0 Å². The van der Waals surface area contributed by atoms with E-state index in [-0.39, 0.29) is 0 Å². The molecule has 0 amide bonds. The van der Waals surface area contributed by atoms with Gasteiger partial charge in [-0.25, -0.2) is 0 Å². The van der Waals surface area contributed by atoms with Crippen LogP contribution in [-0.2, 0) is 6.54 Å². The maximum Gasteiger partial charge on any atom is 0.0541 e. The van der Waals surface area contributed by atoms with Gasteiger partial charge in [-0.15, -0.1) is 11.6 Å². The molecule has 1 aromatic rings. The number of aromatic nitrogens is 1. The molecule has 3 heteroatoms. The van der Waals surface area contributed by atoms with Crippen molar-refractivity contribution in [1.29, 1.82) is 0 Å². The number of hydrogen-bond acceptors (Lipinski definition) is 2. The van der Waals surface area contributed by atoms with Crippen LogP contribution in [0.2, 0.25) is 0 Å². The maximum atomic E-state index is 5.58. The highest BCUT2D eigenvalue weighted by atomic mass is 35.5. The summed E-state index contributed by atoms with van der Waals surface area (Å²) in [7, 11) is 0. The molecule has 0 unspecified atom stereocenters. The molecule has 14 heavy (non-hydrogen) atoms. The normalized spacial score (nSPS) is 10.4. The molecule has 0 spiro atoms. The molecule has 0 aromatic carbocycles. The highest BCUT2D eigenvalue weighted by molar-refractivity contribution is 6.17. The van der Waals surface area contributed by atoms with Crippen LogP contribution in [0.25, 0.3) is 0 Å². The van der Waals surface area contributed by atoms with Crippen molar-refractivity contribution >= 4 is 11.6 Å². The van der Waals surface area contributed by atoms with Crippen molar-refractivity contribution in [2.45, 2.75) is 25.8 Å². The fourth-order valence-electron chi connectivity index (χ4n) is 1.24. The van der Waals surface area contributed by atoms with Crippen molar-refractivity contribution in [1.82, 2.24) is 10.3 Å². The van der Waals surface area contributed by atoms with Gasteiger partial charge < -0.3 is 5.32 Å². The molecule has 2 nitrogen and oxygen atoms in total. The number of nitrogens with zero attached hydrogens (tertiary/aromatic N) is 1. The Hall–Kier alpha value is -0.600. The molecule has 0 bridgehead atoms. The van der Waals surface area contributed by atoms with E-state index in [2.05, 4.69) is 10.3 Å². The molecule has 0 aliphatic carbocycles. The first-order valence-corrected chi connectivity index (χ1v) is 5.63. The number of alkyl halides is 1. The molecule has 1 heterocycles. The largest absolute Gasteiger partial charge is 0.311 e. The lowest BCUT2D eigenvalue weighted by atomic mass is 10.2. The second-order valence-corrected chi connectivity index (χ2v) is 3.63. The van der Waals surface area contributed by atoms with Crippen LogP contribution in [-0.4, -0.2) is 17.4 Å². The fraction of sp³-hybridized carbons (Fsp3) is 0.545. The van der Waals surface area contributed by atoms with E-state index in [9.17, 15) is 0 Å². The minimum Gasteiger partial charge on any atom is -0.311 e. The van der Waals surface area contributed by atoms with E-state index in [1.54, 1.807) is 0 Å². The first-order chi connectivity index (χ1) is 6.93. The molecule has 78 valence electrons. The van der Waals surface area contributed by atoms with Crippen LogP contribution in [0.3, 0.4) is 0 Å². The van der Waals surface area contributed by atoms with Crippen molar-refractivity contribution in [3.63, 3.8) is 0 Å². The van der Waals surface area contributed by atoms with Gasteiger partial charge in [0, 0.05) is 18.6 Å². The Labute approximate surface area is 90.7 Å². The lowest BCUT2D eigenvalue weighted by molar-refractivity contribution is 0.612. The topological polar surface area (TPSA) is 24.9 Å². The third-order valence-corrected chi connectivity index (χ3v) is 2.29. The molecule has 0 aliphatic heterocycles. The van der Waals surface area contributed by atoms with Gasteiger partial charge >= 0.3 is 0 Å². The summed E-state index contributed by atoms with van der Waals surface area (Å²) in [4.78, 5) is 4.23. The van der Waals surface area contributed by atoms with E-state index >= 15 is 0 Å². The van der Waals surface area contributed by atoms with E-state index in [0.717, 1.165) is 31.1 Å². The van der Waals surface area contributed by atoms with E-state index in [4.69, 9.17) is 11.6 Å². The maximum absolute atomic E-state index is 5.58. The Kier molecular flexibility index (Phi) is 6.37. The number of nitrogens with one attached hydrogen (secondary N) is 1. The molecule has 0 saturated heterocycles. The van der Waals surface area contributed by atoms with Crippen LogP contribution in [0.4, 0.5) is 0 Å². The van der Waals surface area contributed by atoms with Crippen LogP contribution in [0.5, 0.6) is 0 Å². The summed E-state index contributed by atoms with van der Waals surface area (Å²) in [5.74, 6) is 0.778. The lowest BCUT2D eigenvalue weighted by Gasteiger charge is -2.03. The fourth-order valence-corrected chi connectivity index (χ4v) is 1.43.